The Hall–Kier alpha value is -1.78. The van der Waals surface area contributed by atoms with Crippen LogP contribution in [0.5, 0.6) is 0 Å². The number of rotatable bonds is 3. The number of benzene rings is 1. The van der Waals surface area contributed by atoms with Gasteiger partial charge in [-0.05, 0) is 43.5 Å². The minimum absolute atomic E-state index is 0.0324. The van der Waals surface area contributed by atoms with Crippen LogP contribution in [0.4, 0.5) is 11.4 Å². The van der Waals surface area contributed by atoms with Gasteiger partial charge in [-0.25, -0.2) is 0 Å². The van der Waals surface area contributed by atoms with Gasteiger partial charge < -0.3 is 10.2 Å². The van der Waals surface area contributed by atoms with E-state index in [2.05, 4.69) is 10.3 Å². The van der Waals surface area contributed by atoms with Crippen molar-refractivity contribution in [2.24, 2.45) is 0 Å². The van der Waals surface area contributed by atoms with Gasteiger partial charge in [-0.15, -0.1) is 0 Å². The molecule has 2 aromatic rings. The summed E-state index contributed by atoms with van der Waals surface area (Å²) < 4.78 is 0. The van der Waals surface area contributed by atoms with Crippen LogP contribution in [0.2, 0.25) is 10.0 Å². The van der Waals surface area contributed by atoms with Gasteiger partial charge in [-0.1, -0.05) is 23.2 Å². The molecule has 4 nitrogen and oxygen atoms in total. The summed E-state index contributed by atoms with van der Waals surface area (Å²) in [5, 5.41) is 4.28. The number of amides is 1. The lowest BCUT2D eigenvalue weighted by Gasteiger charge is -2.26. The number of nitrogens with zero attached hydrogens (tertiary/aromatic N) is 2. The fourth-order valence-corrected chi connectivity index (χ4v) is 3.22. The highest BCUT2D eigenvalue weighted by Gasteiger charge is 2.18. The van der Waals surface area contributed by atoms with Crippen molar-refractivity contribution in [1.82, 2.24) is 9.88 Å². The monoisotopic (exact) mass is 349 g/mol. The molecule has 0 saturated carbocycles. The number of aromatic nitrogens is 1. The van der Waals surface area contributed by atoms with Crippen molar-refractivity contribution in [3.05, 3.63) is 52.3 Å². The normalized spacial score (nSPS) is 14.6. The number of hydrogen-bond donors (Lipinski definition) is 1. The second kappa shape index (κ2) is 7.20. The third-order valence-electron chi connectivity index (χ3n) is 3.78. The number of carbonyl (C=O) groups is 1. The van der Waals surface area contributed by atoms with Gasteiger partial charge >= 0.3 is 0 Å². The predicted octanol–water partition coefficient (Wildman–Crippen LogP) is 4.76. The van der Waals surface area contributed by atoms with E-state index in [1.165, 1.54) is 6.42 Å². The van der Waals surface area contributed by atoms with Crippen LogP contribution in [0, 0.1) is 0 Å². The van der Waals surface area contributed by atoms with Gasteiger partial charge in [-0.2, -0.15) is 0 Å². The van der Waals surface area contributed by atoms with E-state index >= 15 is 0 Å². The van der Waals surface area contributed by atoms with Gasteiger partial charge in [0.05, 0.1) is 17.4 Å². The van der Waals surface area contributed by atoms with Gasteiger partial charge in [0.1, 0.15) is 0 Å². The van der Waals surface area contributed by atoms with E-state index < -0.39 is 0 Å². The molecule has 1 aliphatic heterocycles. The van der Waals surface area contributed by atoms with Crippen molar-refractivity contribution in [2.45, 2.75) is 19.3 Å². The lowest BCUT2D eigenvalue weighted by Crippen LogP contribution is -2.35. The molecular formula is C17H17Cl2N3O. The zero-order valence-electron chi connectivity index (χ0n) is 12.6. The first-order valence-corrected chi connectivity index (χ1v) is 8.35. The molecule has 1 saturated heterocycles. The number of nitrogens with one attached hydrogen (secondary N) is 1. The summed E-state index contributed by atoms with van der Waals surface area (Å²) in [6, 6.07) is 7.01. The van der Waals surface area contributed by atoms with Crippen LogP contribution in [-0.2, 0) is 0 Å². The molecule has 2 heterocycles. The number of anilines is 2. The van der Waals surface area contributed by atoms with Gasteiger partial charge in [-0.3, -0.25) is 9.78 Å². The molecule has 0 atom stereocenters. The van der Waals surface area contributed by atoms with E-state index in [9.17, 15) is 4.79 Å². The smallest absolute Gasteiger partial charge is 0.255 e. The van der Waals surface area contributed by atoms with Crippen molar-refractivity contribution >= 4 is 40.5 Å². The van der Waals surface area contributed by atoms with Crippen LogP contribution in [0.25, 0.3) is 0 Å². The summed E-state index contributed by atoms with van der Waals surface area (Å²) in [5.74, 6) is 0.0324. The van der Waals surface area contributed by atoms with Crippen molar-refractivity contribution in [3.8, 4) is 0 Å². The topological polar surface area (TPSA) is 45.2 Å². The number of pyridine rings is 1. The minimum Gasteiger partial charge on any atom is -0.354 e. The van der Waals surface area contributed by atoms with Crippen LogP contribution < -0.4 is 5.32 Å². The Morgan fingerprint density at radius 2 is 1.65 bits per heavy atom. The number of hydrogen-bond acceptors (Lipinski definition) is 3. The van der Waals surface area contributed by atoms with Gasteiger partial charge in [0, 0.05) is 35.0 Å². The molecule has 0 radical (unpaired) electrons. The molecule has 1 N–H and O–H groups in total. The highest BCUT2D eigenvalue weighted by Crippen LogP contribution is 2.25. The molecule has 0 unspecified atom stereocenters. The summed E-state index contributed by atoms with van der Waals surface area (Å²) in [6.07, 6.45) is 6.60. The number of halogens is 2. The van der Waals surface area contributed by atoms with Gasteiger partial charge in [0.15, 0.2) is 0 Å². The average molecular weight is 350 g/mol. The largest absolute Gasteiger partial charge is 0.354 e. The van der Waals surface area contributed by atoms with Crippen LogP contribution in [-0.4, -0.2) is 28.9 Å². The average Bonchev–Trinajstić information content (AvgIpc) is 2.54. The Morgan fingerprint density at radius 1 is 0.957 bits per heavy atom. The molecule has 0 bridgehead atoms. The maximum absolute atomic E-state index is 12.5. The third-order valence-corrected chi connectivity index (χ3v) is 4.22. The SMILES string of the molecule is O=C(c1cncc(Nc2cc(Cl)cc(Cl)c2)c1)N1CCCCC1. The second-order valence-corrected chi connectivity index (χ2v) is 6.47. The van der Waals surface area contributed by atoms with Gasteiger partial charge in [0.25, 0.3) is 5.91 Å². The van der Waals surface area contributed by atoms with Crippen molar-refractivity contribution in [1.29, 1.82) is 0 Å². The van der Waals surface area contributed by atoms with Crippen molar-refractivity contribution in [2.75, 3.05) is 18.4 Å². The summed E-state index contributed by atoms with van der Waals surface area (Å²) in [7, 11) is 0. The maximum atomic E-state index is 12.5. The van der Waals surface area contributed by atoms with Crippen LogP contribution in [0.3, 0.4) is 0 Å². The molecule has 0 spiro atoms. The number of piperidine rings is 1. The molecule has 1 aromatic heterocycles. The van der Waals surface area contributed by atoms with E-state index in [1.807, 2.05) is 4.90 Å². The third kappa shape index (κ3) is 4.15. The highest BCUT2D eigenvalue weighted by molar-refractivity contribution is 6.35. The summed E-state index contributed by atoms with van der Waals surface area (Å²) in [5.41, 5.74) is 2.07. The minimum atomic E-state index is 0.0324. The molecular weight excluding hydrogens is 333 g/mol. The lowest BCUT2D eigenvalue weighted by atomic mass is 10.1. The first-order valence-electron chi connectivity index (χ1n) is 7.59. The highest BCUT2D eigenvalue weighted by atomic mass is 35.5. The fraction of sp³-hybridized carbons (Fsp3) is 0.294. The van der Waals surface area contributed by atoms with Crippen LogP contribution in [0.1, 0.15) is 29.6 Å². The molecule has 120 valence electrons. The van der Waals surface area contributed by atoms with Gasteiger partial charge in [0.2, 0.25) is 0 Å². The summed E-state index contributed by atoms with van der Waals surface area (Å²) in [6.45, 7) is 1.64. The fourth-order valence-electron chi connectivity index (χ4n) is 2.70. The molecule has 1 fully saturated rings. The Kier molecular flexibility index (Phi) is 5.03. The van der Waals surface area contributed by atoms with E-state index in [-0.39, 0.29) is 5.91 Å². The van der Waals surface area contributed by atoms with E-state index in [1.54, 1.807) is 36.7 Å². The molecule has 1 aromatic carbocycles. The maximum Gasteiger partial charge on any atom is 0.255 e. The Morgan fingerprint density at radius 3 is 2.35 bits per heavy atom. The predicted molar refractivity (Wildman–Crippen MR) is 93.7 cm³/mol. The Labute approximate surface area is 145 Å². The number of likely N-dealkylation sites (tertiary alicyclic amines) is 1. The number of carbonyl (C=O) groups excluding carboxylic acids is 1. The standard InChI is InChI=1S/C17H17Cl2N3O/c18-13-7-14(19)9-15(8-13)21-16-6-12(10-20-11-16)17(23)22-4-2-1-3-5-22/h6-11,21H,1-5H2. The van der Waals surface area contributed by atoms with E-state index in [0.29, 0.717) is 15.6 Å². The first kappa shape index (κ1) is 16.1. The van der Waals surface area contributed by atoms with Crippen molar-refractivity contribution < 1.29 is 4.79 Å². The zero-order valence-corrected chi connectivity index (χ0v) is 14.1. The quantitative estimate of drug-likeness (QED) is 0.868. The molecule has 3 rings (SSSR count). The van der Waals surface area contributed by atoms with Crippen LogP contribution >= 0.6 is 23.2 Å². The second-order valence-electron chi connectivity index (χ2n) is 5.60. The first-order chi connectivity index (χ1) is 11.1. The van der Waals surface area contributed by atoms with E-state index in [4.69, 9.17) is 23.2 Å². The Bertz CT molecular complexity index is 694. The summed E-state index contributed by atoms with van der Waals surface area (Å²) in [4.78, 5) is 18.6. The lowest BCUT2D eigenvalue weighted by molar-refractivity contribution is 0.0724. The molecule has 1 amide bonds. The molecule has 23 heavy (non-hydrogen) atoms. The molecule has 1 aliphatic rings. The molecule has 6 heteroatoms. The zero-order chi connectivity index (χ0) is 16.2. The Balaban J connectivity index is 1.77. The van der Waals surface area contributed by atoms with Crippen molar-refractivity contribution in [3.63, 3.8) is 0 Å². The van der Waals surface area contributed by atoms with E-state index in [0.717, 1.165) is 37.3 Å². The summed E-state index contributed by atoms with van der Waals surface area (Å²) >= 11 is 12.0. The van der Waals surface area contributed by atoms with Crippen LogP contribution in [0.15, 0.2) is 36.7 Å². The molecule has 0 aliphatic carbocycles.